The quantitative estimate of drug-likeness (QED) is 0.195. The Morgan fingerprint density at radius 1 is 1.12 bits per heavy atom. The molecule has 0 fully saturated rings. The summed E-state index contributed by atoms with van der Waals surface area (Å²) in [5, 5.41) is 1.39. The maximum Gasteiger partial charge on any atom is 0.331 e. The number of nitrogens with zero attached hydrogens (tertiary/aromatic N) is 2. The molecule has 32 heavy (non-hydrogen) atoms. The van der Waals surface area contributed by atoms with Crippen LogP contribution in [0.5, 0.6) is 0 Å². The van der Waals surface area contributed by atoms with Crippen molar-refractivity contribution in [3.8, 4) is 0 Å². The number of thiazole rings is 1. The molecule has 4 rings (SSSR count). The first kappa shape index (κ1) is 22.0. The first-order valence-corrected chi connectivity index (χ1v) is 11.3. The molecule has 0 amide bonds. The summed E-state index contributed by atoms with van der Waals surface area (Å²) in [5.74, 6) is -0.826. The first-order valence-electron chi connectivity index (χ1n) is 10.1. The standard InChI is InChI=1S/C25H21ClN2O3S/c1-16-13-19(17(2)28(16)14-18-7-3-4-8-20(18)26)22(29)15-31-25(30)12-11-24-27-21-9-5-6-10-23(21)32-24/h3-13H,14-15H2,1-2H3/b12-11+. The van der Waals surface area contributed by atoms with Crippen LogP contribution < -0.4 is 0 Å². The molecule has 0 atom stereocenters. The molecule has 0 aliphatic heterocycles. The molecule has 0 radical (unpaired) electrons. The Bertz CT molecular complexity index is 1300. The van der Waals surface area contributed by atoms with E-state index in [0.29, 0.717) is 22.1 Å². The molecule has 0 bridgehead atoms. The number of carbonyl (C=O) groups is 2. The molecule has 2 aromatic carbocycles. The monoisotopic (exact) mass is 464 g/mol. The van der Waals surface area contributed by atoms with Gasteiger partial charge in [-0.1, -0.05) is 41.9 Å². The number of hydrogen-bond donors (Lipinski definition) is 0. The second-order valence-corrected chi connectivity index (χ2v) is 8.82. The van der Waals surface area contributed by atoms with Gasteiger partial charge in [0, 0.05) is 34.6 Å². The largest absolute Gasteiger partial charge is 0.454 e. The van der Waals surface area contributed by atoms with Crippen LogP contribution in [-0.4, -0.2) is 27.9 Å². The third kappa shape index (κ3) is 4.82. The van der Waals surface area contributed by atoms with Gasteiger partial charge in [-0.25, -0.2) is 9.78 Å². The van der Waals surface area contributed by atoms with Gasteiger partial charge in [0.05, 0.1) is 10.2 Å². The smallest absolute Gasteiger partial charge is 0.331 e. The van der Waals surface area contributed by atoms with Crippen LogP contribution in [0.3, 0.4) is 0 Å². The van der Waals surface area contributed by atoms with Gasteiger partial charge in [0.1, 0.15) is 5.01 Å². The molecule has 0 aliphatic rings. The van der Waals surface area contributed by atoms with E-state index in [0.717, 1.165) is 27.2 Å². The van der Waals surface area contributed by atoms with Crippen molar-refractivity contribution in [2.24, 2.45) is 0 Å². The van der Waals surface area contributed by atoms with Crippen molar-refractivity contribution in [3.05, 3.63) is 93.2 Å². The van der Waals surface area contributed by atoms with Crippen LogP contribution in [-0.2, 0) is 16.1 Å². The Balaban J connectivity index is 1.39. The highest BCUT2D eigenvalue weighted by atomic mass is 35.5. The lowest BCUT2D eigenvalue weighted by molar-refractivity contribution is -0.136. The van der Waals surface area contributed by atoms with E-state index < -0.39 is 5.97 Å². The van der Waals surface area contributed by atoms with Crippen molar-refractivity contribution in [2.45, 2.75) is 20.4 Å². The number of esters is 1. The summed E-state index contributed by atoms with van der Waals surface area (Å²) in [6, 6.07) is 17.2. The Hall–Kier alpha value is -3.22. The van der Waals surface area contributed by atoms with Gasteiger partial charge < -0.3 is 9.30 Å². The normalized spacial score (nSPS) is 11.3. The van der Waals surface area contributed by atoms with E-state index in [4.69, 9.17) is 16.3 Å². The highest BCUT2D eigenvalue weighted by Gasteiger charge is 2.17. The van der Waals surface area contributed by atoms with Gasteiger partial charge in [-0.05, 0) is 49.8 Å². The molecule has 2 aromatic heterocycles. The number of benzene rings is 2. The summed E-state index contributed by atoms with van der Waals surface area (Å²) in [4.78, 5) is 29.2. The molecular formula is C25H21ClN2O3S. The topological polar surface area (TPSA) is 61.2 Å². The fourth-order valence-electron chi connectivity index (χ4n) is 3.49. The lowest BCUT2D eigenvalue weighted by Crippen LogP contribution is -2.14. The second-order valence-electron chi connectivity index (χ2n) is 7.35. The average Bonchev–Trinajstić information content (AvgIpc) is 3.33. The average molecular weight is 465 g/mol. The third-order valence-electron chi connectivity index (χ3n) is 5.18. The Morgan fingerprint density at radius 2 is 1.88 bits per heavy atom. The molecule has 0 spiro atoms. The summed E-state index contributed by atoms with van der Waals surface area (Å²) in [7, 11) is 0. The molecule has 0 saturated carbocycles. The number of rotatable bonds is 7. The van der Waals surface area contributed by atoms with E-state index in [1.807, 2.05) is 73.0 Å². The minimum Gasteiger partial charge on any atom is -0.454 e. The summed E-state index contributed by atoms with van der Waals surface area (Å²) in [6.45, 7) is 4.06. The van der Waals surface area contributed by atoms with Gasteiger partial charge in [-0.2, -0.15) is 0 Å². The van der Waals surface area contributed by atoms with E-state index in [2.05, 4.69) is 4.98 Å². The van der Waals surface area contributed by atoms with Gasteiger partial charge in [-0.3, -0.25) is 4.79 Å². The summed E-state index contributed by atoms with van der Waals surface area (Å²) in [6.07, 6.45) is 2.90. The summed E-state index contributed by atoms with van der Waals surface area (Å²) in [5.41, 5.74) is 4.15. The van der Waals surface area contributed by atoms with Crippen molar-refractivity contribution in [2.75, 3.05) is 6.61 Å². The maximum atomic E-state index is 12.7. The number of para-hydroxylation sites is 1. The third-order valence-corrected chi connectivity index (χ3v) is 6.55. The lowest BCUT2D eigenvalue weighted by atomic mass is 10.1. The van der Waals surface area contributed by atoms with Gasteiger partial charge in [-0.15, -0.1) is 11.3 Å². The van der Waals surface area contributed by atoms with E-state index in [-0.39, 0.29) is 12.4 Å². The molecule has 5 nitrogen and oxygen atoms in total. The second kappa shape index (κ2) is 9.51. The predicted molar refractivity (Wildman–Crippen MR) is 128 cm³/mol. The van der Waals surface area contributed by atoms with Crippen molar-refractivity contribution >= 4 is 51.0 Å². The molecular weight excluding hydrogens is 444 g/mol. The van der Waals surface area contributed by atoms with Crippen LogP contribution in [0, 0.1) is 13.8 Å². The van der Waals surface area contributed by atoms with Crippen molar-refractivity contribution in [1.29, 1.82) is 0 Å². The van der Waals surface area contributed by atoms with Crippen LogP contribution >= 0.6 is 22.9 Å². The number of ketones is 1. The molecule has 0 saturated heterocycles. The molecule has 0 N–H and O–H groups in total. The van der Waals surface area contributed by atoms with E-state index in [1.54, 1.807) is 6.08 Å². The van der Waals surface area contributed by atoms with E-state index in [9.17, 15) is 9.59 Å². The number of aryl methyl sites for hydroxylation is 1. The highest BCUT2D eigenvalue weighted by molar-refractivity contribution is 7.19. The van der Waals surface area contributed by atoms with Crippen LogP contribution in [0.4, 0.5) is 0 Å². The number of aromatic nitrogens is 2. The number of Topliss-reactive ketones (excluding diaryl/α,β-unsaturated/α-hetero) is 1. The number of halogens is 1. The molecule has 7 heteroatoms. The highest BCUT2D eigenvalue weighted by Crippen LogP contribution is 2.23. The zero-order valence-corrected chi connectivity index (χ0v) is 19.2. The number of hydrogen-bond acceptors (Lipinski definition) is 5. The van der Waals surface area contributed by atoms with Gasteiger partial charge >= 0.3 is 5.97 Å². The lowest BCUT2D eigenvalue weighted by Gasteiger charge is -2.11. The van der Waals surface area contributed by atoms with Gasteiger partial charge in [0.2, 0.25) is 5.78 Å². The fraction of sp³-hybridized carbons (Fsp3) is 0.160. The Kier molecular flexibility index (Phi) is 6.53. The van der Waals surface area contributed by atoms with Crippen LogP contribution in [0.25, 0.3) is 16.3 Å². The summed E-state index contributed by atoms with van der Waals surface area (Å²) < 4.78 is 8.24. The molecule has 162 valence electrons. The Morgan fingerprint density at radius 3 is 2.66 bits per heavy atom. The molecule has 0 unspecified atom stereocenters. The molecule has 4 aromatic rings. The number of ether oxygens (including phenoxy) is 1. The minimum atomic E-state index is -0.581. The van der Waals surface area contributed by atoms with E-state index in [1.165, 1.54) is 17.4 Å². The molecule has 0 aliphatic carbocycles. The zero-order valence-electron chi connectivity index (χ0n) is 17.7. The van der Waals surface area contributed by atoms with Crippen molar-refractivity contribution in [3.63, 3.8) is 0 Å². The number of carbonyl (C=O) groups excluding carboxylic acids is 2. The molecule has 2 heterocycles. The van der Waals surface area contributed by atoms with E-state index >= 15 is 0 Å². The predicted octanol–water partition coefficient (Wildman–Crippen LogP) is 5.86. The number of fused-ring (bicyclic) bond motifs is 1. The Labute approximate surface area is 194 Å². The van der Waals surface area contributed by atoms with Crippen molar-refractivity contribution < 1.29 is 14.3 Å². The minimum absolute atomic E-state index is 0.245. The SMILES string of the molecule is Cc1cc(C(=O)COC(=O)/C=C/c2nc3ccccc3s2)c(C)n1Cc1ccccc1Cl. The summed E-state index contributed by atoms with van der Waals surface area (Å²) >= 11 is 7.77. The maximum absolute atomic E-state index is 12.7. The van der Waals surface area contributed by atoms with Crippen molar-refractivity contribution in [1.82, 2.24) is 9.55 Å². The van der Waals surface area contributed by atoms with Crippen LogP contribution in [0.2, 0.25) is 5.02 Å². The fourth-order valence-corrected chi connectivity index (χ4v) is 4.55. The van der Waals surface area contributed by atoms with Gasteiger partial charge in [0.25, 0.3) is 0 Å². The van der Waals surface area contributed by atoms with Crippen LogP contribution in [0.1, 0.15) is 32.3 Å². The zero-order chi connectivity index (χ0) is 22.7. The first-order chi connectivity index (χ1) is 15.4. The van der Waals surface area contributed by atoms with Crippen LogP contribution in [0.15, 0.2) is 60.7 Å². The van der Waals surface area contributed by atoms with Gasteiger partial charge in [0.15, 0.2) is 6.61 Å².